The summed E-state index contributed by atoms with van der Waals surface area (Å²) in [4.78, 5) is 24.9. The number of amides is 1. The standard InChI is InChI=1S/C28H27NO5/c1-32-25-16-15-23(19-26(25)33-2)24(29-27(30)17-13-21-9-5-3-6-10-21)20-34-28(31)18-14-22-11-7-4-8-12-22/h3-19,24H,20H2,1-2H3,(H,29,30)/b17-13+,18-14+/t24-/m1/s1. The summed E-state index contributed by atoms with van der Waals surface area (Å²) < 4.78 is 16.1. The number of methoxy groups -OCH3 is 2. The van der Waals surface area contributed by atoms with E-state index in [1.165, 1.54) is 19.3 Å². The highest BCUT2D eigenvalue weighted by Gasteiger charge is 2.18. The smallest absolute Gasteiger partial charge is 0.330 e. The molecule has 3 aromatic rings. The van der Waals surface area contributed by atoms with E-state index in [0.29, 0.717) is 17.1 Å². The first kappa shape index (κ1) is 24.3. The van der Waals surface area contributed by atoms with Gasteiger partial charge in [-0.05, 0) is 41.0 Å². The van der Waals surface area contributed by atoms with Gasteiger partial charge in [-0.25, -0.2) is 4.79 Å². The van der Waals surface area contributed by atoms with E-state index in [9.17, 15) is 9.59 Å². The zero-order chi connectivity index (χ0) is 24.2. The molecule has 0 radical (unpaired) electrons. The van der Waals surface area contributed by atoms with Gasteiger partial charge in [0, 0.05) is 12.2 Å². The Hall–Kier alpha value is -4.32. The van der Waals surface area contributed by atoms with Crippen LogP contribution in [0.4, 0.5) is 0 Å². The highest BCUT2D eigenvalue weighted by atomic mass is 16.5. The first-order chi connectivity index (χ1) is 16.6. The van der Waals surface area contributed by atoms with Crippen LogP contribution in [0.25, 0.3) is 12.2 Å². The summed E-state index contributed by atoms with van der Waals surface area (Å²) in [5.74, 6) is 0.236. The van der Waals surface area contributed by atoms with Crippen molar-refractivity contribution in [2.75, 3.05) is 20.8 Å². The lowest BCUT2D eigenvalue weighted by atomic mass is 10.1. The Morgan fingerprint density at radius 3 is 1.97 bits per heavy atom. The number of hydrogen-bond donors (Lipinski definition) is 1. The van der Waals surface area contributed by atoms with Crippen molar-refractivity contribution in [2.45, 2.75) is 6.04 Å². The number of hydrogen-bond acceptors (Lipinski definition) is 5. The highest BCUT2D eigenvalue weighted by molar-refractivity contribution is 5.92. The van der Waals surface area contributed by atoms with Gasteiger partial charge in [0.1, 0.15) is 6.61 Å². The third-order valence-corrected chi connectivity index (χ3v) is 4.96. The van der Waals surface area contributed by atoms with Crippen molar-refractivity contribution in [3.05, 3.63) is 108 Å². The molecule has 3 rings (SSSR count). The normalized spacial score (nSPS) is 11.8. The summed E-state index contributed by atoms with van der Waals surface area (Å²) in [5.41, 5.74) is 2.49. The molecule has 0 aromatic heterocycles. The van der Waals surface area contributed by atoms with E-state index in [2.05, 4.69) is 5.32 Å². The minimum atomic E-state index is -0.596. The quantitative estimate of drug-likeness (QED) is 0.349. The second-order valence-corrected chi connectivity index (χ2v) is 7.29. The molecule has 6 nitrogen and oxygen atoms in total. The first-order valence-electron chi connectivity index (χ1n) is 10.7. The molecular formula is C28H27NO5. The van der Waals surface area contributed by atoms with Gasteiger partial charge in [0.25, 0.3) is 0 Å². The van der Waals surface area contributed by atoms with E-state index < -0.39 is 12.0 Å². The van der Waals surface area contributed by atoms with Crippen molar-refractivity contribution in [3.63, 3.8) is 0 Å². The zero-order valence-corrected chi connectivity index (χ0v) is 19.1. The van der Waals surface area contributed by atoms with Gasteiger partial charge in [-0.15, -0.1) is 0 Å². The van der Waals surface area contributed by atoms with E-state index in [0.717, 1.165) is 11.1 Å². The molecule has 0 aliphatic heterocycles. The van der Waals surface area contributed by atoms with Crippen molar-refractivity contribution in [2.24, 2.45) is 0 Å². The molecule has 3 aromatic carbocycles. The van der Waals surface area contributed by atoms with Crippen LogP contribution in [-0.2, 0) is 14.3 Å². The molecule has 0 unspecified atom stereocenters. The van der Waals surface area contributed by atoms with Crippen LogP contribution in [0.1, 0.15) is 22.7 Å². The molecule has 0 aliphatic carbocycles. The van der Waals surface area contributed by atoms with E-state index in [1.807, 2.05) is 60.7 Å². The molecule has 1 N–H and O–H groups in total. The lowest BCUT2D eigenvalue weighted by Crippen LogP contribution is -2.31. The van der Waals surface area contributed by atoms with E-state index in [4.69, 9.17) is 14.2 Å². The van der Waals surface area contributed by atoms with Crippen LogP contribution >= 0.6 is 0 Å². The summed E-state index contributed by atoms with van der Waals surface area (Å²) >= 11 is 0. The Balaban J connectivity index is 1.73. The van der Waals surface area contributed by atoms with Gasteiger partial charge in [-0.2, -0.15) is 0 Å². The van der Waals surface area contributed by atoms with Crippen molar-refractivity contribution in [3.8, 4) is 11.5 Å². The van der Waals surface area contributed by atoms with Gasteiger partial charge >= 0.3 is 5.97 Å². The summed E-state index contributed by atoms with van der Waals surface area (Å²) in [7, 11) is 3.08. The molecule has 1 atom stereocenters. The zero-order valence-electron chi connectivity index (χ0n) is 19.1. The third-order valence-electron chi connectivity index (χ3n) is 4.96. The summed E-state index contributed by atoms with van der Waals surface area (Å²) in [6, 6.07) is 23.6. The van der Waals surface area contributed by atoms with E-state index >= 15 is 0 Å². The molecule has 0 saturated heterocycles. The Morgan fingerprint density at radius 1 is 0.794 bits per heavy atom. The topological polar surface area (TPSA) is 73.9 Å². The van der Waals surface area contributed by atoms with Gasteiger partial charge in [0.2, 0.25) is 5.91 Å². The number of ether oxygens (including phenoxy) is 3. The Labute approximate surface area is 199 Å². The van der Waals surface area contributed by atoms with E-state index in [1.54, 1.807) is 37.5 Å². The maximum atomic E-state index is 12.6. The van der Waals surface area contributed by atoms with Gasteiger partial charge in [-0.1, -0.05) is 66.7 Å². The molecule has 0 heterocycles. The second-order valence-electron chi connectivity index (χ2n) is 7.29. The molecule has 34 heavy (non-hydrogen) atoms. The average Bonchev–Trinajstić information content (AvgIpc) is 2.89. The minimum absolute atomic E-state index is 0.0572. The van der Waals surface area contributed by atoms with Crippen LogP contribution in [0.15, 0.2) is 91.0 Å². The Kier molecular flexibility index (Phi) is 9.05. The van der Waals surface area contributed by atoms with Gasteiger partial charge in [0.05, 0.1) is 20.3 Å². The maximum absolute atomic E-state index is 12.6. The molecule has 0 saturated carbocycles. The van der Waals surface area contributed by atoms with Gasteiger partial charge in [-0.3, -0.25) is 4.79 Å². The van der Waals surface area contributed by atoms with Crippen LogP contribution in [0.5, 0.6) is 11.5 Å². The molecule has 174 valence electrons. The Morgan fingerprint density at radius 2 is 1.38 bits per heavy atom. The van der Waals surface area contributed by atoms with Crippen molar-refractivity contribution >= 4 is 24.0 Å². The lowest BCUT2D eigenvalue weighted by molar-refractivity contribution is -0.139. The summed E-state index contributed by atoms with van der Waals surface area (Å²) in [5, 5.41) is 2.90. The van der Waals surface area contributed by atoms with Crippen molar-refractivity contribution in [1.29, 1.82) is 0 Å². The number of nitrogens with one attached hydrogen (secondary N) is 1. The fraction of sp³-hybridized carbons (Fsp3) is 0.143. The predicted molar refractivity (Wildman–Crippen MR) is 132 cm³/mol. The molecule has 1 amide bonds. The van der Waals surface area contributed by atoms with Crippen molar-refractivity contribution < 1.29 is 23.8 Å². The van der Waals surface area contributed by atoms with Crippen LogP contribution in [0.2, 0.25) is 0 Å². The average molecular weight is 458 g/mol. The van der Waals surface area contributed by atoms with Gasteiger partial charge in [0.15, 0.2) is 11.5 Å². The molecule has 0 aliphatic rings. The fourth-order valence-corrected chi connectivity index (χ4v) is 3.19. The lowest BCUT2D eigenvalue weighted by Gasteiger charge is -2.19. The molecular weight excluding hydrogens is 430 g/mol. The van der Waals surface area contributed by atoms with Crippen LogP contribution < -0.4 is 14.8 Å². The van der Waals surface area contributed by atoms with Crippen LogP contribution in [0, 0.1) is 0 Å². The number of esters is 1. The number of rotatable bonds is 10. The monoisotopic (exact) mass is 457 g/mol. The minimum Gasteiger partial charge on any atom is -0.493 e. The largest absolute Gasteiger partial charge is 0.493 e. The number of carbonyl (C=O) groups excluding carboxylic acids is 2. The first-order valence-corrected chi connectivity index (χ1v) is 10.7. The second kappa shape index (κ2) is 12.6. The SMILES string of the molecule is COc1ccc([C@@H](COC(=O)/C=C/c2ccccc2)NC(=O)/C=C/c2ccccc2)cc1OC. The summed E-state index contributed by atoms with van der Waals surface area (Å²) in [6.45, 7) is -0.0572. The third kappa shape index (κ3) is 7.38. The highest BCUT2D eigenvalue weighted by Crippen LogP contribution is 2.30. The van der Waals surface area contributed by atoms with Gasteiger partial charge < -0.3 is 19.5 Å². The summed E-state index contributed by atoms with van der Waals surface area (Å²) in [6.07, 6.45) is 6.20. The number of benzene rings is 3. The van der Waals surface area contributed by atoms with Crippen LogP contribution in [0.3, 0.4) is 0 Å². The fourth-order valence-electron chi connectivity index (χ4n) is 3.19. The maximum Gasteiger partial charge on any atom is 0.330 e. The molecule has 0 fully saturated rings. The van der Waals surface area contributed by atoms with Crippen molar-refractivity contribution in [1.82, 2.24) is 5.32 Å². The Bertz CT molecular complexity index is 1140. The van der Waals surface area contributed by atoms with Crippen LogP contribution in [-0.4, -0.2) is 32.7 Å². The molecule has 6 heteroatoms. The molecule has 0 bridgehead atoms. The van der Waals surface area contributed by atoms with E-state index in [-0.39, 0.29) is 12.5 Å². The molecule has 0 spiro atoms. The number of carbonyl (C=O) groups is 2. The predicted octanol–water partition coefficient (Wildman–Crippen LogP) is 4.83.